The van der Waals surface area contributed by atoms with Gasteiger partial charge in [-0.3, -0.25) is 0 Å². The normalized spacial score (nSPS) is 14.6. The van der Waals surface area contributed by atoms with Gasteiger partial charge in [-0.15, -0.1) is 0 Å². The predicted octanol–water partition coefficient (Wildman–Crippen LogP) is 3.81. The molecule has 1 aromatic rings. The molecule has 2 N–H and O–H groups in total. The van der Waals surface area contributed by atoms with Crippen molar-refractivity contribution in [3.05, 3.63) is 33.8 Å². The highest BCUT2D eigenvalue weighted by Gasteiger charge is 2.10. The summed E-state index contributed by atoms with van der Waals surface area (Å²) >= 11 is 12.0. The summed E-state index contributed by atoms with van der Waals surface area (Å²) in [6.45, 7) is 4.80. The smallest absolute Gasteiger partial charge is 0.0549 e. The van der Waals surface area contributed by atoms with E-state index < -0.39 is 0 Å². The summed E-state index contributed by atoms with van der Waals surface area (Å²) in [5.41, 5.74) is 1.03. The molecule has 2 atom stereocenters. The van der Waals surface area contributed by atoms with Gasteiger partial charge >= 0.3 is 0 Å². The SMILES string of the molecule is CCC(O)CCNC(C)c1ccc(Cl)cc1Cl. The molecule has 0 aromatic heterocycles. The minimum absolute atomic E-state index is 0.156. The van der Waals surface area contributed by atoms with E-state index in [9.17, 15) is 5.11 Å². The molecule has 2 unspecified atom stereocenters. The monoisotopic (exact) mass is 275 g/mol. The van der Waals surface area contributed by atoms with Crippen molar-refractivity contribution in [3.63, 3.8) is 0 Å². The molecule has 1 rings (SSSR count). The van der Waals surface area contributed by atoms with Gasteiger partial charge in [-0.2, -0.15) is 0 Å². The largest absolute Gasteiger partial charge is 0.393 e. The number of halogens is 2. The molecule has 0 saturated carbocycles. The van der Waals surface area contributed by atoms with Crippen LogP contribution in [0.5, 0.6) is 0 Å². The fraction of sp³-hybridized carbons (Fsp3) is 0.538. The Hall–Kier alpha value is -0.280. The summed E-state index contributed by atoms with van der Waals surface area (Å²) in [6, 6.07) is 5.67. The lowest BCUT2D eigenvalue weighted by Crippen LogP contribution is -2.23. The second-order valence-electron chi connectivity index (χ2n) is 4.19. The summed E-state index contributed by atoms with van der Waals surface area (Å²) in [5.74, 6) is 0. The highest BCUT2D eigenvalue weighted by molar-refractivity contribution is 6.35. The molecule has 0 spiro atoms. The number of hydrogen-bond donors (Lipinski definition) is 2. The molecule has 0 aliphatic carbocycles. The molecule has 17 heavy (non-hydrogen) atoms. The molecule has 0 amide bonds. The highest BCUT2D eigenvalue weighted by atomic mass is 35.5. The third-order valence-corrected chi connectivity index (χ3v) is 3.39. The number of hydrogen-bond acceptors (Lipinski definition) is 2. The number of rotatable bonds is 6. The second kappa shape index (κ2) is 7.22. The molecule has 96 valence electrons. The van der Waals surface area contributed by atoms with Crippen LogP contribution in [0.15, 0.2) is 18.2 Å². The lowest BCUT2D eigenvalue weighted by atomic mass is 10.1. The zero-order chi connectivity index (χ0) is 12.8. The minimum atomic E-state index is -0.226. The van der Waals surface area contributed by atoms with Crippen LogP contribution in [-0.2, 0) is 0 Å². The maximum absolute atomic E-state index is 9.45. The molecule has 0 bridgehead atoms. The van der Waals surface area contributed by atoms with E-state index in [4.69, 9.17) is 23.2 Å². The van der Waals surface area contributed by atoms with Crippen LogP contribution >= 0.6 is 23.2 Å². The molecule has 0 fully saturated rings. The summed E-state index contributed by atoms with van der Waals surface area (Å²) in [6.07, 6.45) is 1.32. The van der Waals surface area contributed by atoms with Gasteiger partial charge in [0, 0.05) is 16.1 Å². The van der Waals surface area contributed by atoms with Gasteiger partial charge in [-0.25, -0.2) is 0 Å². The fourth-order valence-corrected chi connectivity index (χ4v) is 2.21. The van der Waals surface area contributed by atoms with Crippen molar-refractivity contribution in [1.82, 2.24) is 5.32 Å². The van der Waals surface area contributed by atoms with Crippen LogP contribution in [0.4, 0.5) is 0 Å². The maximum Gasteiger partial charge on any atom is 0.0549 e. The second-order valence-corrected chi connectivity index (χ2v) is 5.04. The molecule has 0 radical (unpaired) electrons. The number of aliphatic hydroxyl groups is 1. The quantitative estimate of drug-likeness (QED) is 0.828. The first-order valence-electron chi connectivity index (χ1n) is 5.91. The molecule has 0 aliphatic heterocycles. The van der Waals surface area contributed by atoms with E-state index in [0.717, 1.165) is 24.9 Å². The predicted molar refractivity (Wildman–Crippen MR) is 73.8 cm³/mol. The van der Waals surface area contributed by atoms with Crippen LogP contribution in [0, 0.1) is 0 Å². The van der Waals surface area contributed by atoms with Gasteiger partial charge in [0.15, 0.2) is 0 Å². The zero-order valence-electron chi connectivity index (χ0n) is 10.2. The Labute approximate surface area is 113 Å². The average molecular weight is 276 g/mol. The first kappa shape index (κ1) is 14.8. The Morgan fingerprint density at radius 3 is 2.65 bits per heavy atom. The zero-order valence-corrected chi connectivity index (χ0v) is 11.7. The average Bonchev–Trinajstić information content (AvgIpc) is 2.28. The van der Waals surface area contributed by atoms with Crippen molar-refractivity contribution in [1.29, 1.82) is 0 Å². The van der Waals surface area contributed by atoms with Crippen molar-refractivity contribution in [2.75, 3.05) is 6.54 Å². The lowest BCUT2D eigenvalue weighted by Gasteiger charge is -2.17. The van der Waals surface area contributed by atoms with Crippen molar-refractivity contribution in [3.8, 4) is 0 Å². The fourth-order valence-electron chi connectivity index (χ4n) is 1.63. The lowest BCUT2D eigenvalue weighted by molar-refractivity contribution is 0.159. The van der Waals surface area contributed by atoms with E-state index in [1.54, 1.807) is 6.07 Å². The van der Waals surface area contributed by atoms with Crippen molar-refractivity contribution < 1.29 is 5.11 Å². The van der Waals surface area contributed by atoms with E-state index >= 15 is 0 Å². The van der Waals surface area contributed by atoms with Crippen molar-refractivity contribution in [2.45, 2.75) is 38.8 Å². The van der Waals surface area contributed by atoms with Crippen LogP contribution in [0.1, 0.15) is 38.3 Å². The third kappa shape index (κ3) is 4.84. The Balaban J connectivity index is 2.49. The molecule has 0 aliphatic rings. The summed E-state index contributed by atoms with van der Waals surface area (Å²) in [5, 5.41) is 14.1. The Bertz CT molecular complexity index is 357. The van der Waals surface area contributed by atoms with E-state index in [-0.39, 0.29) is 12.1 Å². The van der Waals surface area contributed by atoms with E-state index in [2.05, 4.69) is 5.32 Å². The Morgan fingerprint density at radius 1 is 1.35 bits per heavy atom. The first-order chi connectivity index (χ1) is 8.04. The Morgan fingerprint density at radius 2 is 2.06 bits per heavy atom. The summed E-state index contributed by atoms with van der Waals surface area (Å²) in [7, 11) is 0. The maximum atomic E-state index is 9.45. The highest BCUT2D eigenvalue weighted by Crippen LogP contribution is 2.25. The van der Waals surface area contributed by atoms with Gasteiger partial charge in [0.1, 0.15) is 0 Å². The molecule has 0 heterocycles. The van der Waals surface area contributed by atoms with E-state index in [1.807, 2.05) is 26.0 Å². The van der Waals surface area contributed by atoms with Gasteiger partial charge in [-0.1, -0.05) is 36.2 Å². The van der Waals surface area contributed by atoms with E-state index in [0.29, 0.717) is 10.0 Å². The number of nitrogens with one attached hydrogen (secondary N) is 1. The van der Waals surface area contributed by atoms with Crippen LogP contribution in [0.25, 0.3) is 0 Å². The van der Waals surface area contributed by atoms with Gasteiger partial charge in [0.2, 0.25) is 0 Å². The van der Waals surface area contributed by atoms with Gasteiger partial charge in [-0.05, 0) is 44.0 Å². The molecule has 0 saturated heterocycles. The standard InChI is InChI=1S/C13H19Cl2NO/c1-3-11(17)6-7-16-9(2)12-5-4-10(14)8-13(12)15/h4-5,8-9,11,16-17H,3,6-7H2,1-2H3. The van der Waals surface area contributed by atoms with Crippen LogP contribution in [-0.4, -0.2) is 17.8 Å². The van der Waals surface area contributed by atoms with Gasteiger partial charge in [0.25, 0.3) is 0 Å². The van der Waals surface area contributed by atoms with Crippen LogP contribution in [0.3, 0.4) is 0 Å². The summed E-state index contributed by atoms with van der Waals surface area (Å²) < 4.78 is 0. The third-order valence-electron chi connectivity index (χ3n) is 2.83. The van der Waals surface area contributed by atoms with Crippen LogP contribution in [0.2, 0.25) is 10.0 Å². The number of benzene rings is 1. The molecule has 2 nitrogen and oxygen atoms in total. The summed E-state index contributed by atoms with van der Waals surface area (Å²) in [4.78, 5) is 0. The van der Waals surface area contributed by atoms with Crippen molar-refractivity contribution in [2.24, 2.45) is 0 Å². The minimum Gasteiger partial charge on any atom is -0.393 e. The molecular formula is C13H19Cl2NO. The number of aliphatic hydroxyl groups excluding tert-OH is 1. The van der Waals surface area contributed by atoms with Crippen molar-refractivity contribution >= 4 is 23.2 Å². The van der Waals surface area contributed by atoms with Gasteiger partial charge in [0.05, 0.1) is 6.10 Å². The topological polar surface area (TPSA) is 32.3 Å². The van der Waals surface area contributed by atoms with E-state index in [1.165, 1.54) is 0 Å². The molecular weight excluding hydrogens is 257 g/mol. The first-order valence-corrected chi connectivity index (χ1v) is 6.66. The van der Waals surface area contributed by atoms with Crippen LogP contribution < -0.4 is 5.32 Å². The Kier molecular flexibility index (Phi) is 6.28. The van der Waals surface area contributed by atoms with Gasteiger partial charge < -0.3 is 10.4 Å². The molecule has 4 heteroatoms. The molecule has 1 aromatic carbocycles.